The lowest BCUT2D eigenvalue weighted by atomic mass is 9.87. The van der Waals surface area contributed by atoms with Crippen molar-refractivity contribution in [3.8, 4) is 28.5 Å². The van der Waals surface area contributed by atoms with E-state index in [9.17, 15) is 5.26 Å². The highest BCUT2D eigenvalue weighted by Gasteiger charge is 2.22. The lowest BCUT2D eigenvalue weighted by Crippen LogP contribution is -2.30. The predicted molar refractivity (Wildman–Crippen MR) is 138 cm³/mol. The molecule has 0 N–H and O–H groups in total. The Bertz CT molecular complexity index is 1580. The van der Waals surface area contributed by atoms with Gasteiger partial charge < -0.3 is 4.42 Å². The molecule has 0 aliphatic rings. The molecular weight excluding hydrogens is 416 g/mol. The third-order valence-corrected chi connectivity index (χ3v) is 6.39. The molecule has 0 saturated heterocycles. The number of benzene rings is 3. The normalized spacial score (nSPS) is 11.8. The Morgan fingerprint density at radius 1 is 0.912 bits per heavy atom. The maximum absolute atomic E-state index is 9.78. The largest absolute Gasteiger partial charge is 0.454 e. The molecule has 0 amide bonds. The van der Waals surface area contributed by atoms with Crippen LogP contribution in [0.15, 0.2) is 77.3 Å². The van der Waals surface area contributed by atoms with E-state index in [-0.39, 0.29) is 5.41 Å². The van der Waals surface area contributed by atoms with E-state index in [4.69, 9.17) is 4.42 Å². The molecule has 2 aromatic heterocycles. The summed E-state index contributed by atoms with van der Waals surface area (Å²) in [6, 6.07) is 25.3. The van der Waals surface area contributed by atoms with Gasteiger partial charge in [0, 0.05) is 28.5 Å². The van der Waals surface area contributed by atoms with Crippen LogP contribution in [0.3, 0.4) is 0 Å². The van der Waals surface area contributed by atoms with Crippen molar-refractivity contribution in [2.24, 2.45) is 12.5 Å². The molecule has 5 aromatic rings. The fraction of sp³-hybridized carbons (Fsp3) is 0.226. The average molecular weight is 446 g/mol. The molecule has 0 saturated carbocycles. The molecule has 3 heteroatoms. The second-order valence-electron chi connectivity index (χ2n) is 10.4. The summed E-state index contributed by atoms with van der Waals surface area (Å²) in [5.41, 5.74) is 9.20. The molecular formula is C31H29N2O+. The summed E-state index contributed by atoms with van der Waals surface area (Å²) < 4.78 is 8.76. The monoisotopic (exact) mass is 445 g/mol. The Hall–Kier alpha value is -3.90. The minimum Gasteiger partial charge on any atom is -0.454 e. The van der Waals surface area contributed by atoms with E-state index < -0.39 is 0 Å². The molecule has 0 spiro atoms. The van der Waals surface area contributed by atoms with Crippen molar-refractivity contribution in [3.63, 3.8) is 0 Å². The van der Waals surface area contributed by atoms with Crippen molar-refractivity contribution in [2.45, 2.75) is 34.1 Å². The van der Waals surface area contributed by atoms with Crippen molar-refractivity contribution >= 4 is 21.9 Å². The van der Waals surface area contributed by atoms with Crippen LogP contribution in [0.1, 0.15) is 37.5 Å². The van der Waals surface area contributed by atoms with Crippen LogP contribution in [0.25, 0.3) is 44.3 Å². The molecule has 34 heavy (non-hydrogen) atoms. The topological polar surface area (TPSA) is 40.8 Å². The molecule has 0 aliphatic heterocycles. The molecule has 0 bridgehead atoms. The highest BCUT2D eigenvalue weighted by Crippen LogP contribution is 2.41. The number of rotatable bonds is 3. The van der Waals surface area contributed by atoms with Gasteiger partial charge in [0.05, 0.1) is 17.2 Å². The van der Waals surface area contributed by atoms with Gasteiger partial charge in [-0.2, -0.15) is 5.26 Å². The summed E-state index contributed by atoms with van der Waals surface area (Å²) in [5.74, 6) is 0. The lowest BCUT2D eigenvalue weighted by Gasteiger charge is -2.18. The van der Waals surface area contributed by atoms with Crippen molar-refractivity contribution in [1.29, 1.82) is 5.26 Å². The second kappa shape index (κ2) is 8.15. The zero-order valence-electron chi connectivity index (χ0n) is 20.4. The summed E-state index contributed by atoms with van der Waals surface area (Å²) >= 11 is 0. The number of aromatic nitrogens is 1. The molecule has 2 heterocycles. The van der Waals surface area contributed by atoms with Crippen LogP contribution < -0.4 is 4.57 Å². The van der Waals surface area contributed by atoms with Gasteiger partial charge in [-0.25, -0.2) is 4.57 Å². The number of nitriles is 1. The Morgan fingerprint density at radius 3 is 2.35 bits per heavy atom. The van der Waals surface area contributed by atoms with Crippen molar-refractivity contribution in [2.75, 3.05) is 0 Å². The van der Waals surface area contributed by atoms with Crippen LogP contribution in [0, 0.1) is 23.7 Å². The molecule has 0 fully saturated rings. The number of nitrogens with zero attached hydrogens (tertiary/aromatic N) is 2. The number of hydrogen-bond donors (Lipinski definition) is 0. The maximum Gasteiger partial charge on any atom is 0.216 e. The third kappa shape index (κ3) is 3.86. The first-order valence-electron chi connectivity index (χ1n) is 11.7. The van der Waals surface area contributed by atoms with Gasteiger partial charge in [0.25, 0.3) is 0 Å². The van der Waals surface area contributed by atoms with Crippen molar-refractivity contribution in [1.82, 2.24) is 0 Å². The lowest BCUT2D eigenvalue weighted by molar-refractivity contribution is -0.660. The summed E-state index contributed by atoms with van der Waals surface area (Å²) in [5, 5.41) is 11.8. The van der Waals surface area contributed by atoms with Gasteiger partial charge in [-0.05, 0) is 53.6 Å². The van der Waals surface area contributed by atoms with Gasteiger partial charge in [-0.3, -0.25) is 0 Å². The van der Waals surface area contributed by atoms with Gasteiger partial charge in [-0.1, -0.05) is 57.2 Å². The second-order valence-corrected chi connectivity index (χ2v) is 10.4. The molecule has 0 unspecified atom stereocenters. The first-order valence-corrected chi connectivity index (χ1v) is 11.7. The standard InChI is InChI=1S/C31H29N2O/c1-20-9-14-24-26-17-22(19-32)16-25(23-12-10-21(11-13-23)18-31(2,3)4)29(26)34-30(24)28(20)27-8-6-7-15-33(27)5/h6-17H,18H2,1-5H3/q+1. The van der Waals surface area contributed by atoms with Gasteiger partial charge in [0.2, 0.25) is 5.69 Å². The molecule has 0 atom stereocenters. The summed E-state index contributed by atoms with van der Waals surface area (Å²) in [6.45, 7) is 8.87. The first-order chi connectivity index (χ1) is 16.2. The SMILES string of the molecule is Cc1ccc2c(oc3c(-c4ccc(CC(C)(C)C)cc4)cc(C#N)cc32)c1-c1cccc[n+]1C. The minimum absolute atomic E-state index is 0.232. The van der Waals surface area contributed by atoms with Crippen LogP contribution in [-0.4, -0.2) is 0 Å². The van der Waals surface area contributed by atoms with Crippen molar-refractivity contribution < 1.29 is 8.98 Å². The van der Waals surface area contributed by atoms with Crippen molar-refractivity contribution in [3.05, 3.63) is 89.6 Å². The number of furan rings is 1. The fourth-order valence-corrected chi connectivity index (χ4v) is 4.84. The van der Waals surface area contributed by atoms with Gasteiger partial charge in [0.15, 0.2) is 6.20 Å². The van der Waals surface area contributed by atoms with Gasteiger partial charge >= 0.3 is 0 Å². The first kappa shape index (κ1) is 21.9. The van der Waals surface area contributed by atoms with Crippen LogP contribution in [0.2, 0.25) is 0 Å². The van der Waals surface area contributed by atoms with Gasteiger partial charge in [-0.15, -0.1) is 0 Å². The number of hydrogen-bond acceptors (Lipinski definition) is 2. The molecule has 0 radical (unpaired) electrons. The quantitative estimate of drug-likeness (QED) is 0.270. The van der Waals surface area contributed by atoms with E-state index in [1.807, 2.05) is 18.2 Å². The van der Waals surface area contributed by atoms with Crippen LogP contribution in [-0.2, 0) is 13.5 Å². The Balaban J connectivity index is 1.77. The molecule has 3 nitrogen and oxygen atoms in total. The fourth-order valence-electron chi connectivity index (χ4n) is 4.84. The highest BCUT2D eigenvalue weighted by atomic mass is 16.3. The summed E-state index contributed by atoms with van der Waals surface area (Å²) in [7, 11) is 2.05. The number of pyridine rings is 1. The zero-order chi connectivity index (χ0) is 24.0. The number of aryl methyl sites for hydroxylation is 2. The maximum atomic E-state index is 9.78. The van der Waals surface area contributed by atoms with E-state index in [0.29, 0.717) is 5.56 Å². The minimum atomic E-state index is 0.232. The van der Waals surface area contributed by atoms with Crippen LogP contribution in [0.5, 0.6) is 0 Å². The Labute approximate surface area is 200 Å². The summed E-state index contributed by atoms with van der Waals surface area (Å²) in [4.78, 5) is 0. The average Bonchev–Trinajstić information content (AvgIpc) is 3.17. The third-order valence-electron chi connectivity index (χ3n) is 6.39. The number of fused-ring (bicyclic) bond motifs is 3. The van der Waals surface area contributed by atoms with E-state index >= 15 is 0 Å². The van der Waals surface area contributed by atoms with E-state index in [0.717, 1.165) is 56.3 Å². The van der Waals surface area contributed by atoms with E-state index in [1.165, 1.54) is 5.56 Å². The molecule has 168 valence electrons. The Kier molecular flexibility index (Phi) is 5.25. The van der Waals surface area contributed by atoms with E-state index in [1.54, 1.807) is 0 Å². The molecule has 5 rings (SSSR count). The smallest absolute Gasteiger partial charge is 0.216 e. The van der Waals surface area contributed by atoms with Crippen LogP contribution in [0.4, 0.5) is 0 Å². The zero-order valence-corrected chi connectivity index (χ0v) is 20.4. The van der Waals surface area contributed by atoms with Gasteiger partial charge in [0.1, 0.15) is 18.2 Å². The predicted octanol–water partition coefficient (Wildman–Crippen LogP) is 7.51. The Morgan fingerprint density at radius 2 is 1.68 bits per heavy atom. The molecule has 3 aromatic carbocycles. The highest BCUT2D eigenvalue weighted by molar-refractivity contribution is 6.13. The van der Waals surface area contributed by atoms with E-state index in [2.05, 4.69) is 100 Å². The summed E-state index contributed by atoms with van der Waals surface area (Å²) in [6.07, 6.45) is 3.07. The molecule has 0 aliphatic carbocycles. The van der Waals surface area contributed by atoms with Crippen LogP contribution >= 0.6 is 0 Å².